The molecular weight excluding hydrogens is 953 g/mol. The maximum absolute atomic E-state index is 14.3. The summed E-state index contributed by atoms with van der Waals surface area (Å²) in [4.78, 5) is 36.0. The molecule has 0 aliphatic rings. The van der Waals surface area contributed by atoms with Crippen LogP contribution in [0.15, 0.2) is 97.6 Å². The van der Waals surface area contributed by atoms with Gasteiger partial charge in [-0.3, -0.25) is 29.1 Å². The van der Waals surface area contributed by atoms with Gasteiger partial charge in [0, 0.05) is 54.2 Å². The first-order chi connectivity index (χ1) is 32.3. The summed E-state index contributed by atoms with van der Waals surface area (Å²) < 4.78 is 165. The van der Waals surface area contributed by atoms with Crippen molar-refractivity contribution in [3.05, 3.63) is 174 Å². The fourth-order valence-electron chi connectivity index (χ4n) is 7.79. The zero-order valence-electron chi connectivity index (χ0n) is 38.0. The molecule has 10 nitrogen and oxygen atoms in total. The van der Waals surface area contributed by atoms with Crippen LogP contribution in [0.2, 0.25) is 0 Å². The Morgan fingerprint density at radius 2 is 0.986 bits per heavy atom. The molecule has 22 heteroatoms. The molecule has 374 valence electrons. The third kappa shape index (κ3) is 11.0. The number of carbonyl (C=O) groups excluding carboxylic acids is 2. The van der Waals surface area contributed by atoms with Gasteiger partial charge in [-0.25, -0.2) is 0 Å². The number of Topliss-reactive ketones (excluding diaryl/α,β-unsaturated/α-hetero) is 2. The topological polar surface area (TPSA) is 139 Å². The lowest BCUT2D eigenvalue weighted by molar-refractivity contribution is -0.384. The van der Waals surface area contributed by atoms with Crippen molar-refractivity contribution in [3.8, 4) is 0 Å². The fraction of sp³-hybridized carbons (Fsp3) is 0.333. The minimum atomic E-state index is -5.01. The number of nitro groups is 1. The van der Waals surface area contributed by atoms with Crippen LogP contribution in [0.1, 0.15) is 104 Å². The number of aryl methyl sites for hydroxylation is 4. The Hall–Kier alpha value is -7.00. The summed E-state index contributed by atoms with van der Waals surface area (Å²) in [6.45, 7) is 7.99. The van der Waals surface area contributed by atoms with E-state index in [4.69, 9.17) is 5.73 Å². The highest BCUT2D eigenvalue weighted by Gasteiger charge is 2.57. The van der Waals surface area contributed by atoms with E-state index in [1.54, 1.807) is 39.0 Å². The number of alkyl halides is 12. The van der Waals surface area contributed by atoms with Crippen molar-refractivity contribution in [2.24, 2.45) is 0 Å². The fourth-order valence-corrected chi connectivity index (χ4v) is 7.79. The number of hydrogen-bond acceptors (Lipinski definition) is 7. The van der Waals surface area contributed by atoms with E-state index < -0.39 is 57.6 Å². The molecule has 0 spiro atoms. The lowest BCUT2D eigenvalue weighted by Gasteiger charge is -2.34. The number of halogens is 12. The lowest BCUT2D eigenvalue weighted by atomic mass is 9.84. The van der Waals surface area contributed by atoms with E-state index in [0.717, 1.165) is 19.9 Å². The maximum atomic E-state index is 14.3. The van der Waals surface area contributed by atoms with Crippen molar-refractivity contribution in [3.63, 3.8) is 0 Å². The van der Waals surface area contributed by atoms with Gasteiger partial charge in [-0.2, -0.15) is 62.9 Å². The molecule has 70 heavy (non-hydrogen) atoms. The normalized spacial score (nSPS) is 14.0. The van der Waals surface area contributed by atoms with E-state index in [1.807, 2.05) is 0 Å². The van der Waals surface area contributed by atoms with Crippen molar-refractivity contribution in [2.75, 3.05) is 5.73 Å². The van der Waals surface area contributed by atoms with Gasteiger partial charge in [-0.15, -0.1) is 0 Å². The summed E-state index contributed by atoms with van der Waals surface area (Å²) in [5, 5.41) is 17.8. The second kappa shape index (κ2) is 19.8. The van der Waals surface area contributed by atoms with Crippen molar-refractivity contribution >= 4 is 22.9 Å². The number of nitrogens with zero attached hydrogens (tertiary/aromatic N) is 5. The predicted octanol–water partition coefficient (Wildman–Crippen LogP) is 12.5. The monoisotopic (exact) mass is 996 g/mol. The molecule has 0 aliphatic carbocycles. The van der Waals surface area contributed by atoms with Gasteiger partial charge in [0.15, 0.2) is 22.6 Å². The van der Waals surface area contributed by atoms with Gasteiger partial charge >= 0.3 is 24.7 Å². The highest BCUT2D eigenvalue weighted by atomic mass is 19.4. The van der Waals surface area contributed by atoms with Gasteiger partial charge in [-0.1, -0.05) is 62.4 Å². The lowest BCUT2D eigenvalue weighted by Crippen LogP contribution is -2.46. The van der Waals surface area contributed by atoms with Gasteiger partial charge in [0.25, 0.3) is 5.69 Å². The van der Waals surface area contributed by atoms with Gasteiger partial charge in [0.05, 0.1) is 28.4 Å². The summed E-state index contributed by atoms with van der Waals surface area (Å²) >= 11 is 0. The molecule has 6 rings (SSSR count). The van der Waals surface area contributed by atoms with Gasteiger partial charge in [-0.05, 0) is 97.2 Å². The molecule has 2 N–H and O–H groups in total. The average Bonchev–Trinajstić information content (AvgIpc) is 3.99. The maximum Gasteiger partial charge on any atom is 0.419 e. The molecule has 0 radical (unpaired) electrons. The number of aromatic nitrogens is 4. The zero-order valence-corrected chi connectivity index (χ0v) is 38.0. The van der Waals surface area contributed by atoms with Crippen LogP contribution in [0.3, 0.4) is 0 Å². The van der Waals surface area contributed by atoms with Crippen LogP contribution in [-0.4, -0.2) is 48.4 Å². The van der Waals surface area contributed by atoms with Crippen molar-refractivity contribution in [1.82, 2.24) is 19.6 Å². The number of nitrogen functional groups attached to an aromatic ring is 1. The first-order valence-electron chi connectivity index (χ1n) is 21.1. The number of non-ortho nitro benzene ring substituents is 1. The minimum absolute atomic E-state index is 0.0541. The number of anilines is 1. The second-order valence-corrected chi connectivity index (χ2v) is 16.7. The van der Waals surface area contributed by atoms with Crippen LogP contribution in [0.4, 0.5) is 64.1 Å². The number of ketones is 2. The standard InChI is InChI=1S/C24H21F6N3O3.C24H23F6N3O/c1-4-15-9-17(22(3,24(28,29)30)32-13-18(12-31-32)23(25,26)27)8-14(2)20(15)11-21(34)16-6-5-7-19(10-16)33(35)36;1-4-15-9-17(8-14(2)20(15)11-21(34)16-6-5-7-19(31)10-16)22(3,24(28,29)30)33-13-18(12-32-33)23(25,26)27/h5-10,12-13H,4,11H2,1-3H3;5-10,12-13H,4,11,31H2,1-3H3. The molecule has 0 aliphatic heterocycles. The van der Waals surface area contributed by atoms with Crippen LogP contribution < -0.4 is 5.73 Å². The first kappa shape index (κ1) is 53.9. The molecule has 2 atom stereocenters. The molecule has 0 saturated carbocycles. The van der Waals surface area contributed by atoms with E-state index in [1.165, 1.54) is 55.5 Å². The Morgan fingerprint density at radius 1 is 0.600 bits per heavy atom. The van der Waals surface area contributed by atoms with E-state index in [2.05, 4.69) is 10.2 Å². The molecule has 2 aromatic heterocycles. The SMILES string of the molecule is CCc1cc(C(C)(n2cc(C(F)(F)F)cn2)C(F)(F)F)cc(C)c1CC(=O)c1cccc(N)c1.CCc1cc(C(C)(n2cc(C(F)(F)F)cn2)C(F)(F)F)cc(C)c1CC(=O)c1cccc([N+](=O)[O-])c1. The smallest absolute Gasteiger partial charge is 0.399 e. The molecule has 0 bridgehead atoms. The number of hydrogen-bond donors (Lipinski definition) is 1. The quantitative estimate of drug-likeness (QED) is 0.0399. The molecule has 6 aromatic rings. The Labute approximate surface area is 392 Å². The highest BCUT2D eigenvalue weighted by molar-refractivity contribution is 5.99. The van der Waals surface area contributed by atoms with Crippen LogP contribution in [0, 0.1) is 24.0 Å². The number of benzene rings is 4. The Bertz CT molecular complexity index is 2920. The van der Waals surface area contributed by atoms with Gasteiger partial charge < -0.3 is 5.73 Å². The third-order valence-corrected chi connectivity index (χ3v) is 12.1. The van der Waals surface area contributed by atoms with Gasteiger partial charge in [0.1, 0.15) is 0 Å². The van der Waals surface area contributed by atoms with E-state index in [0.29, 0.717) is 80.5 Å². The number of rotatable bonds is 13. The number of nitrogens with two attached hydrogens (primary N) is 1. The van der Waals surface area contributed by atoms with Crippen LogP contribution in [0.25, 0.3) is 0 Å². The Balaban J connectivity index is 0.000000261. The minimum Gasteiger partial charge on any atom is -0.399 e. The largest absolute Gasteiger partial charge is 0.419 e. The van der Waals surface area contributed by atoms with Crippen molar-refractivity contribution in [2.45, 2.75) is 103 Å². The van der Waals surface area contributed by atoms with E-state index >= 15 is 0 Å². The van der Waals surface area contributed by atoms with Crippen LogP contribution in [0.5, 0.6) is 0 Å². The second-order valence-electron chi connectivity index (χ2n) is 16.7. The molecule has 4 aromatic carbocycles. The summed E-state index contributed by atoms with van der Waals surface area (Å²) in [7, 11) is 0. The average molecular weight is 997 g/mol. The predicted molar refractivity (Wildman–Crippen MR) is 233 cm³/mol. The Morgan fingerprint density at radius 3 is 1.31 bits per heavy atom. The Kier molecular flexibility index (Phi) is 15.2. The van der Waals surface area contributed by atoms with Crippen molar-refractivity contribution in [1.29, 1.82) is 0 Å². The van der Waals surface area contributed by atoms with Gasteiger partial charge in [0.2, 0.25) is 0 Å². The highest BCUT2D eigenvalue weighted by Crippen LogP contribution is 2.46. The molecular formula is C48H44F12N6O4. The van der Waals surface area contributed by atoms with Crippen molar-refractivity contribution < 1.29 is 67.2 Å². The number of nitro benzene ring substituents is 1. The summed E-state index contributed by atoms with van der Waals surface area (Å²) in [5.74, 6) is -0.719. The van der Waals surface area contributed by atoms with Crippen LogP contribution >= 0.6 is 0 Å². The van der Waals surface area contributed by atoms with E-state index in [9.17, 15) is 72.4 Å². The summed E-state index contributed by atoms with van der Waals surface area (Å²) in [6.07, 6.45) is -18.0. The number of carbonyl (C=O) groups is 2. The molecule has 0 amide bonds. The first-order valence-corrected chi connectivity index (χ1v) is 21.1. The molecule has 0 saturated heterocycles. The summed E-state index contributed by atoms with van der Waals surface area (Å²) in [6, 6.07) is 16.4. The molecule has 2 unspecified atom stereocenters. The third-order valence-electron chi connectivity index (χ3n) is 12.1. The zero-order chi connectivity index (χ0) is 52.5. The summed E-state index contributed by atoms with van der Waals surface area (Å²) in [5.41, 5.74) is -0.0339. The van der Waals surface area contributed by atoms with Crippen LogP contribution in [-0.2, 0) is 49.1 Å². The molecule has 2 heterocycles. The molecule has 0 fully saturated rings. The van der Waals surface area contributed by atoms with E-state index in [-0.39, 0.29) is 52.1 Å².